The van der Waals surface area contributed by atoms with Crippen LogP contribution in [-0.4, -0.2) is 15.0 Å². The number of aromatic nitrogens is 3. The predicted molar refractivity (Wildman–Crippen MR) is 194 cm³/mol. The van der Waals surface area contributed by atoms with Gasteiger partial charge >= 0.3 is 0 Å². The summed E-state index contributed by atoms with van der Waals surface area (Å²) in [6, 6.07) is 49.8. The van der Waals surface area contributed by atoms with Gasteiger partial charge in [0.15, 0.2) is 5.82 Å². The van der Waals surface area contributed by atoms with Gasteiger partial charge in [0.2, 0.25) is 0 Å². The van der Waals surface area contributed by atoms with Crippen LogP contribution >= 0.6 is 0 Å². The Hall–Kier alpha value is -5.93. The minimum absolute atomic E-state index is 0.0186. The fraction of sp³-hybridized carbons (Fsp3) is 0.0682. The van der Waals surface area contributed by atoms with E-state index in [2.05, 4.69) is 146 Å². The number of pyridine rings is 1. The van der Waals surface area contributed by atoms with E-state index in [9.17, 15) is 0 Å². The van der Waals surface area contributed by atoms with Crippen molar-refractivity contribution in [2.24, 2.45) is 0 Å². The summed E-state index contributed by atoms with van der Waals surface area (Å²) in [5, 5.41) is 4.95. The van der Waals surface area contributed by atoms with Crippen molar-refractivity contribution in [2.45, 2.75) is 19.3 Å². The zero-order valence-corrected chi connectivity index (χ0v) is 26.3. The lowest BCUT2D eigenvalue weighted by molar-refractivity contribution is 0.661. The van der Waals surface area contributed by atoms with Crippen LogP contribution < -0.4 is 0 Å². The van der Waals surface area contributed by atoms with Gasteiger partial charge in [0, 0.05) is 40.1 Å². The third-order valence-electron chi connectivity index (χ3n) is 9.74. The lowest BCUT2D eigenvalue weighted by Crippen LogP contribution is -2.14. The molecule has 8 aromatic rings. The van der Waals surface area contributed by atoms with Gasteiger partial charge < -0.3 is 0 Å². The van der Waals surface area contributed by atoms with Crippen LogP contribution in [0.1, 0.15) is 25.0 Å². The molecule has 0 amide bonds. The molecule has 3 nitrogen and oxygen atoms in total. The molecule has 0 unspecified atom stereocenters. The molecule has 0 aliphatic heterocycles. The lowest BCUT2D eigenvalue weighted by atomic mass is 9.81. The molecule has 222 valence electrons. The average molecular weight is 602 g/mol. The van der Waals surface area contributed by atoms with E-state index < -0.39 is 0 Å². The van der Waals surface area contributed by atoms with E-state index in [0.717, 1.165) is 39.2 Å². The van der Waals surface area contributed by atoms with Gasteiger partial charge in [-0.2, -0.15) is 0 Å². The van der Waals surface area contributed by atoms with Crippen LogP contribution in [0.2, 0.25) is 0 Å². The lowest BCUT2D eigenvalue weighted by Gasteiger charge is -2.21. The molecule has 0 spiro atoms. The summed E-state index contributed by atoms with van der Waals surface area (Å²) in [5.74, 6) is 0.708. The zero-order chi connectivity index (χ0) is 31.5. The Balaban J connectivity index is 1.19. The van der Waals surface area contributed by atoms with Crippen molar-refractivity contribution >= 4 is 21.5 Å². The second kappa shape index (κ2) is 10.6. The second-order valence-corrected chi connectivity index (χ2v) is 12.9. The van der Waals surface area contributed by atoms with Crippen molar-refractivity contribution in [3.05, 3.63) is 163 Å². The van der Waals surface area contributed by atoms with Crippen LogP contribution in [0, 0.1) is 0 Å². The molecular formula is C44H31N3. The predicted octanol–water partition coefficient (Wildman–Crippen LogP) is 11.2. The van der Waals surface area contributed by atoms with Gasteiger partial charge in [0.1, 0.15) is 0 Å². The summed E-state index contributed by atoms with van der Waals surface area (Å²) in [5.41, 5.74) is 12.5. The summed E-state index contributed by atoms with van der Waals surface area (Å²) in [4.78, 5) is 14.6. The Labute approximate surface area is 274 Å². The van der Waals surface area contributed by atoms with Gasteiger partial charge in [-0.3, -0.25) is 4.98 Å². The minimum Gasteiger partial charge on any atom is -0.264 e. The van der Waals surface area contributed by atoms with Crippen molar-refractivity contribution in [2.75, 3.05) is 0 Å². The van der Waals surface area contributed by atoms with Crippen LogP contribution in [0.3, 0.4) is 0 Å². The topological polar surface area (TPSA) is 38.7 Å². The smallest absolute Gasteiger partial charge is 0.160 e. The molecule has 47 heavy (non-hydrogen) atoms. The van der Waals surface area contributed by atoms with Crippen molar-refractivity contribution in [3.8, 4) is 56.2 Å². The molecule has 0 radical (unpaired) electrons. The van der Waals surface area contributed by atoms with E-state index in [1.807, 2.05) is 18.3 Å². The molecule has 2 heterocycles. The first-order valence-electron chi connectivity index (χ1n) is 16.1. The molecule has 0 atom stereocenters. The van der Waals surface area contributed by atoms with Crippen molar-refractivity contribution in [1.82, 2.24) is 15.0 Å². The molecule has 3 heteroatoms. The number of fused-ring (bicyclic) bond motifs is 6. The van der Waals surface area contributed by atoms with E-state index in [1.54, 1.807) is 6.20 Å². The fourth-order valence-corrected chi connectivity index (χ4v) is 7.27. The van der Waals surface area contributed by atoms with Crippen LogP contribution in [0.15, 0.2) is 152 Å². The summed E-state index contributed by atoms with van der Waals surface area (Å²) in [6.07, 6.45) is 3.70. The number of benzene rings is 6. The highest BCUT2D eigenvalue weighted by Crippen LogP contribution is 2.50. The summed E-state index contributed by atoms with van der Waals surface area (Å²) >= 11 is 0. The van der Waals surface area contributed by atoms with Crippen molar-refractivity contribution in [1.29, 1.82) is 0 Å². The highest BCUT2D eigenvalue weighted by Gasteiger charge is 2.35. The first-order valence-corrected chi connectivity index (χ1v) is 16.1. The zero-order valence-electron chi connectivity index (χ0n) is 26.3. The second-order valence-electron chi connectivity index (χ2n) is 12.9. The normalized spacial score (nSPS) is 13.1. The van der Waals surface area contributed by atoms with E-state index in [0.29, 0.717) is 5.82 Å². The minimum atomic E-state index is -0.0186. The molecule has 0 N–H and O–H groups in total. The number of rotatable bonds is 4. The highest BCUT2D eigenvalue weighted by molar-refractivity contribution is 6.10. The first kappa shape index (κ1) is 27.4. The Bertz CT molecular complexity index is 2480. The average Bonchev–Trinajstić information content (AvgIpc) is 3.36. The van der Waals surface area contributed by atoms with Crippen molar-refractivity contribution < 1.29 is 0 Å². The summed E-state index contributed by atoms with van der Waals surface area (Å²) in [7, 11) is 0. The van der Waals surface area contributed by atoms with E-state index >= 15 is 0 Å². The molecule has 0 bridgehead atoms. The van der Waals surface area contributed by atoms with E-state index in [4.69, 9.17) is 9.97 Å². The highest BCUT2D eigenvalue weighted by atomic mass is 14.9. The summed E-state index contributed by atoms with van der Waals surface area (Å²) in [6.45, 7) is 4.67. The Morgan fingerprint density at radius 3 is 2.00 bits per heavy atom. The third-order valence-corrected chi connectivity index (χ3v) is 9.74. The van der Waals surface area contributed by atoms with Crippen LogP contribution in [0.25, 0.3) is 77.7 Å². The van der Waals surface area contributed by atoms with Gasteiger partial charge in [-0.25, -0.2) is 9.97 Å². The van der Waals surface area contributed by atoms with Crippen LogP contribution in [-0.2, 0) is 5.41 Å². The van der Waals surface area contributed by atoms with Crippen LogP contribution in [0.4, 0.5) is 0 Å². The first-order chi connectivity index (χ1) is 23.0. The summed E-state index contributed by atoms with van der Waals surface area (Å²) < 4.78 is 0. The third kappa shape index (κ3) is 4.54. The van der Waals surface area contributed by atoms with Crippen LogP contribution in [0.5, 0.6) is 0 Å². The van der Waals surface area contributed by atoms with Gasteiger partial charge in [-0.1, -0.05) is 117 Å². The Kier molecular flexibility index (Phi) is 6.16. The number of hydrogen-bond acceptors (Lipinski definition) is 3. The van der Waals surface area contributed by atoms with Gasteiger partial charge in [-0.05, 0) is 85.8 Å². The maximum atomic E-state index is 5.16. The maximum absolute atomic E-state index is 5.16. The van der Waals surface area contributed by atoms with Crippen molar-refractivity contribution in [3.63, 3.8) is 0 Å². The SMILES string of the molecule is CC1(C)c2ccccc2-c2cc3c(ccc4cc(-c5nc(-c6ccccc6)cc(-c6cccc(-c7cccnc7)c6)n5)ccc43)cc21. The van der Waals surface area contributed by atoms with Gasteiger partial charge in [-0.15, -0.1) is 0 Å². The Morgan fingerprint density at radius 1 is 0.447 bits per heavy atom. The molecular weight excluding hydrogens is 571 g/mol. The molecule has 0 saturated carbocycles. The maximum Gasteiger partial charge on any atom is 0.160 e. The molecule has 1 aliphatic carbocycles. The molecule has 0 saturated heterocycles. The monoisotopic (exact) mass is 601 g/mol. The van der Waals surface area contributed by atoms with Gasteiger partial charge in [0.05, 0.1) is 11.4 Å². The molecule has 9 rings (SSSR count). The largest absolute Gasteiger partial charge is 0.264 e. The van der Waals surface area contributed by atoms with Gasteiger partial charge in [0.25, 0.3) is 0 Å². The number of nitrogens with zero attached hydrogens (tertiary/aromatic N) is 3. The molecule has 2 aromatic heterocycles. The fourth-order valence-electron chi connectivity index (χ4n) is 7.27. The molecule has 1 aliphatic rings. The van der Waals surface area contributed by atoms with E-state index in [1.165, 1.54) is 43.8 Å². The van der Waals surface area contributed by atoms with E-state index in [-0.39, 0.29) is 5.41 Å². The molecule has 6 aromatic carbocycles. The molecule has 0 fully saturated rings. The quantitative estimate of drug-likeness (QED) is 0.188. The standard InChI is InChI=1S/C44H31N3/c1-44(2)39-16-7-6-15-36(39)38-25-37-31(24-40(38)44)18-17-30-23-33(19-20-35(30)37)43-46-41(28-10-4-3-5-11-28)26-42(47-43)32-13-8-12-29(22-32)34-14-9-21-45-27-34/h3-27H,1-2H3. The Morgan fingerprint density at radius 2 is 1.17 bits per heavy atom. The number of hydrogen-bond donors (Lipinski definition) is 0.